The van der Waals surface area contributed by atoms with Crippen molar-refractivity contribution in [3.05, 3.63) is 41.9 Å². The summed E-state index contributed by atoms with van der Waals surface area (Å²) in [5, 5.41) is 13.1. The lowest BCUT2D eigenvalue weighted by Gasteiger charge is -2.07. The van der Waals surface area contributed by atoms with E-state index in [9.17, 15) is 4.79 Å². The van der Waals surface area contributed by atoms with Crippen molar-refractivity contribution in [1.29, 1.82) is 0 Å². The summed E-state index contributed by atoms with van der Waals surface area (Å²) in [6, 6.07) is 7.08. The topological polar surface area (TPSA) is 68.0 Å². The molecule has 0 saturated heterocycles. The molecule has 0 amide bonds. The highest BCUT2D eigenvalue weighted by Crippen LogP contribution is 2.14. The van der Waals surface area contributed by atoms with Gasteiger partial charge in [-0.15, -0.1) is 0 Å². The van der Waals surface area contributed by atoms with Crippen LogP contribution < -0.4 is 0 Å². The molecule has 18 heavy (non-hydrogen) atoms. The van der Waals surface area contributed by atoms with Crippen LogP contribution in [0.25, 0.3) is 5.82 Å². The second-order valence-corrected chi connectivity index (χ2v) is 4.52. The molecule has 5 heteroatoms. The van der Waals surface area contributed by atoms with Crippen molar-refractivity contribution >= 4 is 5.97 Å². The van der Waals surface area contributed by atoms with Gasteiger partial charge < -0.3 is 5.11 Å². The van der Waals surface area contributed by atoms with E-state index in [-0.39, 0.29) is 5.69 Å². The van der Waals surface area contributed by atoms with Gasteiger partial charge in [0, 0.05) is 11.9 Å². The molecule has 2 heterocycles. The monoisotopic (exact) mass is 245 g/mol. The summed E-state index contributed by atoms with van der Waals surface area (Å²) in [5.41, 5.74) is 0.914. The summed E-state index contributed by atoms with van der Waals surface area (Å²) < 4.78 is 1.60. The average Bonchev–Trinajstić information content (AvgIpc) is 2.73. The maximum atomic E-state index is 11.0. The molecule has 2 aromatic rings. The Morgan fingerprint density at radius 3 is 2.78 bits per heavy atom. The third kappa shape index (κ3) is 2.56. The first-order valence-corrected chi connectivity index (χ1v) is 5.81. The first-order valence-electron chi connectivity index (χ1n) is 5.81. The van der Waals surface area contributed by atoms with Crippen LogP contribution in [0.2, 0.25) is 0 Å². The molecule has 0 radical (unpaired) electrons. The zero-order chi connectivity index (χ0) is 13.1. The first-order chi connectivity index (χ1) is 8.58. The number of carboxylic acids is 1. The van der Waals surface area contributed by atoms with Gasteiger partial charge in [0.05, 0.1) is 0 Å². The molecular weight excluding hydrogens is 230 g/mol. The maximum absolute atomic E-state index is 11.0. The largest absolute Gasteiger partial charge is 0.476 e. The van der Waals surface area contributed by atoms with Crippen molar-refractivity contribution in [2.24, 2.45) is 5.92 Å². The van der Waals surface area contributed by atoms with Crippen molar-refractivity contribution < 1.29 is 9.90 Å². The number of carbonyl (C=O) groups is 1. The van der Waals surface area contributed by atoms with E-state index in [4.69, 9.17) is 5.11 Å². The van der Waals surface area contributed by atoms with E-state index in [1.165, 1.54) is 0 Å². The predicted octanol–water partition coefficient (Wildman–Crippen LogP) is 2.16. The number of pyridine rings is 1. The van der Waals surface area contributed by atoms with Crippen LogP contribution in [0.3, 0.4) is 0 Å². The number of hydrogen-bond acceptors (Lipinski definition) is 3. The zero-order valence-electron chi connectivity index (χ0n) is 10.4. The molecule has 5 nitrogen and oxygen atoms in total. The second-order valence-electron chi connectivity index (χ2n) is 4.52. The van der Waals surface area contributed by atoms with E-state index in [1.807, 2.05) is 18.2 Å². The number of rotatable bonds is 4. The summed E-state index contributed by atoms with van der Waals surface area (Å²) in [6.07, 6.45) is 2.42. The highest BCUT2D eigenvalue weighted by Gasteiger charge is 2.15. The lowest BCUT2D eigenvalue weighted by atomic mass is 10.1. The van der Waals surface area contributed by atoms with Crippen LogP contribution in [0.1, 0.15) is 30.0 Å². The molecule has 0 bridgehead atoms. The van der Waals surface area contributed by atoms with Crippen LogP contribution in [0.15, 0.2) is 30.5 Å². The normalized spacial score (nSPS) is 10.8. The Morgan fingerprint density at radius 1 is 1.44 bits per heavy atom. The highest BCUT2D eigenvalue weighted by atomic mass is 16.4. The van der Waals surface area contributed by atoms with Crippen LogP contribution in [-0.2, 0) is 6.42 Å². The number of nitrogens with zero attached hydrogens (tertiary/aromatic N) is 3. The molecule has 1 N–H and O–H groups in total. The fourth-order valence-electron chi connectivity index (χ4n) is 1.77. The number of hydrogen-bond donors (Lipinski definition) is 1. The fourth-order valence-corrected chi connectivity index (χ4v) is 1.77. The Labute approximate surface area is 105 Å². The van der Waals surface area contributed by atoms with Crippen molar-refractivity contribution in [1.82, 2.24) is 14.8 Å². The highest BCUT2D eigenvalue weighted by molar-refractivity contribution is 5.85. The molecule has 2 aromatic heterocycles. The molecule has 0 atom stereocenters. The zero-order valence-corrected chi connectivity index (χ0v) is 10.4. The van der Waals surface area contributed by atoms with E-state index in [2.05, 4.69) is 23.9 Å². The van der Waals surface area contributed by atoms with Gasteiger partial charge in [-0.05, 0) is 30.5 Å². The van der Waals surface area contributed by atoms with Crippen LogP contribution in [0, 0.1) is 5.92 Å². The Bertz CT molecular complexity index is 547. The smallest absolute Gasteiger partial charge is 0.356 e. The Balaban J connectivity index is 2.47. The average molecular weight is 245 g/mol. The van der Waals surface area contributed by atoms with Crippen LogP contribution in [0.5, 0.6) is 0 Å². The quantitative estimate of drug-likeness (QED) is 0.896. The molecule has 0 aliphatic carbocycles. The molecule has 0 aliphatic heterocycles. The molecule has 0 fully saturated rings. The minimum Gasteiger partial charge on any atom is -0.476 e. The number of aromatic carboxylic acids is 1. The van der Waals surface area contributed by atoms with Crippen LogP contribution in [-0.4, -0.2) is 25.8 Å². The standard InChI is InChI=1S/C13H15N3O2/c1-9(2)7-10-8-11(13(17)18)15-16(10)12-5-3-4-6-14-12/h3-6,8-9H,7H2,1-2H3,(H,17,18). The molecular formula is C13H15N3O2. The summed E-state index contributed by atoms with van der Waals surface area (Å²) >= 11 is 0. The van der Waals surface area contributed by atoms with Crippen molar-refractivity contribution in [3.63, 3.8) is 0 Å². The molecule has 0 spiro atoms. The van der Waals surface area contributed by atoms with E-state index in [0.717, 1.165) is 12.1 Å². The van der Waals surface area contributed by atoms with Crippen molar-refractivity contribution in [2.75, 3.05) is 0 Å². The lowest BCUT2D eigenvalue weighted by Crippen LogP contribution is -2.07. The van der Waals surface area contributed by atoms with Crippen LogP contribution >= 0.6 is 0 Å². The molecule has 2 rings (SSSR count). The van der Waals surface area contributed by atoms with Gasteiger partial charge >= 0.3 is 5.97 Å². The van der Waals surface area contributed by atoms with E-state index >= 15 is 0 Å². The van der Waals surface area contributed by atoms with Gasteiger partial charge in [0.2, 0.25) is 0 Å². The Hall–Kier alpha value is -2.17. The van der Waals surface area contributed by atoms with Gasteiger partial charge in [0.1, 0.15) is 0 Å². The summed E-state index contributed by atoms with van der Waals surface area (Å²) in [4.78, 5) is 15.2. The number of aromatic nitrogens is 3. The minimum absolute atomic E-state index is 0.0521. The van der Waals surface area contributed by atoms with E-state index in [1.54, 1.807) is 16.9 Å². The molecule has 94 valence electrons. The second kappa shape index (κ2) is 5.00. The fraction of sp³-hybridized carbons (Fsp3) is 0.308. The van der Waals surface area contributed by atoms with Gasteiger partial charge in [0.25, 0.3) is 0 Å². The van der Waals surface area contributed by atoms with Gasteiger partial charge in [-0.2, -0.15) is 5.10 Å². The lowest BCUT2D eigenvalue weighted by molar-refractivity contribution is 0.0690. The predicted molar refractivity (Wildman–Crippen MR) is 66.9 cm³/mol. The van der Waals surface area contributed by atoms with Gasteiger partial charge in [-0.1, -0.05) is 19.9 Å². The van der Waals surface area contributed by atoms with Gasteiger partial charge in [-0.25, -0.2) is 14.5 Å². The Kier molecular flexibility index (Phi) is 3.41. The summed E-state index contributed by atoms with van der Waals surface area (Å²) in [6.45, 7) is 4.16. The molecule has 0 unspecified atom stereocenters. The van der Waals surface area contributed by atoms with E-state index in [0.29, 0.717) is 11.7 Å². The number of carboxylic acid groups (broad SMARTS) is 1. The third-order valence-electron chi connectivity index (χ3n) is 2.49. The van der Waals surface area contributed by atoms with Crippen molar-refractivity contribution in [3.8, 4) is 5.82 Å². The van der Waals surface area contributed by atoms with Crippen molar-refractivity contribution in [2.45, 2.75) is 20.3 Å². The summed E-state index contributed by atoms with van der Waals surface area (Å²) in [5.74, 6) is 0.0427. The van der Waals surface area contributed by atoms with Crippen LogP contribution in [0.4, 0.5) is 0 Å². The van der Waals surface area contributed by atoms with Gasteiger partial charge in [0.15, 0.2) is 11.5 Å². The van der Waals surface area contributed by atoms with E-state index < -0.39 is 5.97 Å². The molecule has 0 aromatic carbocycles. The maximum Gasteiger partial charge on any atom is 0.356 e. The first kappa shape index (κ1) is 12.3. The minimum atomic E-state index is -1.02. The SMILES string of the molecule is CC(C)Cc1cc(C(=O)O)nn1-c1ccccn1. The molecule has 0 saturated carbocycles. The van der Waals surface area contributed by atoms with Gasteiger partial charge in [-0.3, -0.25) is 0 Å². The molecule has 0 aliphatic rings. The Morgan fingerprint density at radius 2 is 2.22 bits per heavy atom. The summed E-state index contributed by atoms with van der Waals surface area (Å²) in [7, 11) is 0. The third-order valence-corrected chi connectivity index (χ3v) is 2.49.